The molecule has 0 bridgehead atoms. The zero-order valence-corrected chi connectivity index (χ0v) is 12.0. The van der Waals surface area contributed by atoms with Crippen molar-refractivity contribution in [3.63, 3.8) is 0 Å². The molecule has 0 aliphatic carbocycles. The lowest BCUT2D eigenvalue weighted by molar-refractivity contribution is -0.119. The van der Waals surface area contributed by atoms with E-state index in [1.54, 1.807) is 30.0 Å². The van der Waals surface area contributed by atoms with Gasteiger partial charge in [0, 0.05) is 30.5 Å². The SMILES string of the molecule is O=C(CC1CSCCN1)NS(=O)(=O)c1ccccc1. The first-order valence-corrected chi connectivity index (χ1v) is 8.63. The first-order valence-electron chi connectivity index (χ1n) is 6.00. The van der Waals surface area contributed by atoms with Crippen LogP contribution < -0.4 is 10.0 Å². The Morgan fingerprint density at radius 2 is 2.11 bits per heavy atom. The molecule has 2 N–H and O–H groups in total. The quantitative estimate of drug-likeness (QED) is 0.851. The maximum atomic E-state index is 11.9. The Hall–Kier alpha value is -1.05. The molecule has 0 spiro atoms. The van der Waals surface area contributed by atoms with Crippen LogP contribution in [-0.4, -0.2) is 38.4 Å². The van der Waals surface area contributed by atoms with Gasteiger partial charge in [-0.05, 0) is 12.1 Å². The van der Waals surface area contributed by atoms with E-state index in [1.165, 1.54) is 12.1 Å². The number of hydrogen-bond acceptors (Lipinski definition) is 5. The van der Waals surface area contributed by atoms with E-state index in [0.29, 0.717) is 0 Å². The second-order valence-corrected chi connectivity index (χ2v) is 7.10. The summed E-state index contributed by atoms with van der Waals surface area (Å²) in [5.74, 6) is 1.39. The predicted molar refractivity (Wildman–Crippen MR) is 75.5 cm³/mol. The van der Waals surface area contributed by atoms with Gasteiger partial charge in [0.1, 0.15) is 0 Å². The van der Waals surface area contributed by atoms with Crippen LogP contribution in [0.2, 0.25) is 0 Å². The van der Waals surface area contributed by atoms with Crippen molar-refractivity contribution in [1.29, 1.82) is 0 Å². The Morgan fingerprint density at radius 3 is 2.74 bits per heavy atom. The van der Waals surface area contributed by atoms with Gasteiger partial charge in [-0.15, -0.1) is 0 Å². The van der Waals surface area contributed by atoms with Crippen LogP contribution in [0.25, 0.3) is 0 Å². The van der Waals surface area contributed by atoms with Crippen LogP contribution in [0.3, 0.4) is 0 Å². The number of nitrogens with one attached hydrogen (secondary N) is 2. The highest BCUT2D eigenvalue weighted by molar-refractivity contribution is 7.99. The number of benzene rings is 1. The maximum absolute atomic E-state index is 11.9. The Balaban J connectivity index is 1.94. The van der Waals surface area contributed by atoms with Gasteiger partial charge in [0.2, 0.25) is 5.91 Å². The number of rotatable bonds is 4. The predicted octanol–water partition coefficient (Wildman–Crippen LogP) is 0.587. The Morgan fingerprint density at radius 1 is 1.37 bits per heavy atom. The third-order valence-corrected chi connectivity index (χ3v) is 5.25. The molecule has 1 heterocycles. The molecule has 5 nitrogen and oxygen atoms in total. The molecule has 1 saturated heterocycles. The summed E-state index contributed by atoms with van der Waals surface area (Å²) in [6.45, 7) is 0.855. The first kappa shape index (κ1) is 14.4. The molecule has 0 saturated carbocycles. The van der Waals surface area contributed by atoms with Crippen molar-refractivity contribution in [3.05, 3.63) is 30.3 Å². The molecule has 1 fully saturated rings. The summed E-state index contributed by atoms with van der Waals surface area (Å²) in [7, 11) is -3.74. The van der Waals surface area contributed by atoms with E-state index in [-0.39, 0.29) is 17.4 Å². The van der Waals surface area contributed by atoms with E-state index >= 15 is 0 Å². The molecule has 1 aliphatic rings. The molecule has 1 aliphatic heterocycles. The normalized spacial score (nSPS) is 19.9. The summed E-state index contributed by atoms with van der Waals surface area (Å²) in [5.41, 5.74) is 0. The van der Waals surface area contributed by atoms with Gasteiger partial charge in [-0.25, -0.2) is 13.1 Å². The summed E-state index contributed by atoms with van der Waals surface area (Å²) in [5, 5.41) is 3.20. The fourth-order valence-electron chi connectivity index (χ4n) is 1.82. The van der Waals surface area contributed by atoms with Gasteiger partial charge in [0.25, 0.3) is 10.0 Å². The molecule has 1 amide bonds. The van der Waals surface area contributed by atoms with E-state index in [1.807, 2.05) is 0 Å². The van der Waals surface area contributed by atoms with Gasteiger partial charge >= 0.3 is 0 Å². The van der Waals surface area contributed by atoms with Crippen molar-refractivity contribution in [1.82, 2.24) is 10.0 Å². The van der Waals surface area contributed by atoms with Crippen molar-refractivity contribution in [3.8, 4) is 0 Å². The smallest absolute Gasteiger partial charge is 0.264 e. The number of hydrogen-bond donors (Lipinski definition) is 2. The van der Waals surface area contributed by atoms with Crippen molar-refractivity contribution in [2.45, 2.75) is 17.4 Å². The number of carbonyl (C=O) groups is 1. The highest BCUT2D eigenvalue weighted by Gasteiger charge is 2.21. The zero-order valence-electron chi connectivity index (χ0n) is 10.3. The molecule has 2 rings (SSSR count). The second kappa shape index (κ2) is 6.40. The lowest BCUT2D eigenvalue weighted by atomic mass is 10.2. The average molecular weight is 300 g/mol. The fourth-order valence-corrected chi connectivity index (χ4v) is 3.79. The van der Waals surface area contributed by atoms with Crippen LogP contribution in [0.15, 0.2) is 35.2 Å². The largest absolute Gasteiger partial charge is 0.312 e. The van der Waals surface area contributed by atoms with E-state index in [2.05, 4.69) is 10.0 Å². The Labute approximate surface area is 117 Å². The van der Waals surface area contributed by atoms with Crippen molar-refractivity contribution < 1.29 is 13.2 Å². The second-order valence-electron chi connectivity index (χ2n) is 4.27. The maximum Gasteiger partial charge on any atom is 0.264 e. The molecule has 7 heteroatoms. The molecular weight excluding hydrogens is 284 g/mol. The van der Waals surface area contributed by atoms with Gasteiger partial charge in [0.05, 0.1) is 4.90 Å². The van der Waals surface area contributed by atoms with Crippen LogP contribution in [0.4, 0.5) is 0 Å². The van der Waals surface area contributed by atoms with Gasteiger partial charge < -0.3 is 5.32 Å². The van der Waals surface area contributed by atoms with Gasteiger partial charge in [-0.1, -0.05) is 18.2 Å². The minimum atomic E-state index is -3.74. The molecule has 0 aromatic heterocycles. The third-order valence-electron chi connectivity index (χ3n) is 2.73. The third kappa shape index (κ3) is 4.22. The first-order chi connectivity index (χ1) is 9.08. The van der Waals surface area contributed by atoms with Crippen molar-refractivity contribution in [2.75, 3.05) is 18.1 Å². The molecule has 0 radical (unpaired) electrons. The minimum absolute atomic E-state index is 0.0460. The number of amides is 1. The monoisotopic (exact) mass is 300 g/mol. The molecule has 1 unspecified atom stereocenters. The Bertz CT molecular complexity index is 525. The summed E-state index contributed by atoms with van der Waals surface area (Å²) in [6.07, 6.45) is 0.180. The number of carbonyl (C=O) groups excluding carboxylic acids is 1. The molecule has 104 valence electrons. The van der Waals surface area contributed by atoms with Crippen LogP contribution in [0.1, 0.15) is 6.42 Å². The van der Waals surface area contributed by atoms with Crippen LogP contribution in [0, 0.1) is 0 Å². The number of thioether (sulfide) groups is 1. The van der Waals surface area contributed by atoms with Gasteiger partial charge in [-0.2, -0.15) is 11.8 Å². The van der Waals surface area contributed by atoms with E-state index in [0.717, 1.165) is 18.1 Å². The highest BCUT2D eigenvalue weighted by Crippen LogP contribution is 2.11. The van der Waals surface area contributed by atoms with Gasteiger partial charge in [-0.3, -0.25) is 4.79 Å². The lowest BCUT2D eigenvalue weighted by Crippen LogP contribution is -2.42. The van der Waals surface area contributed by atoms with Gasteiger partial charge in [0.15, 0.2) is 0 Å². The lowest BCUT2D eigenvalue weighted by Gasteiger charge is -2.22. The molecule has 1 aromatic rings. The molecule has 19 heavy (non-hydrogen) atoms. The molecule has 1 atom stereocenters. The zero-order chi connectivity index (χ0) is 13.7. The summed E-state index contributed by atoms with van der Waals surface area (Å²) in [4.78, 5) is 11.9. The van der Waals surface area contributed by atoms with E-state index in [9.17, 15) is 13.2 Å². The standard InChI is InChI=1S/C12H16N2O3S2/c15-12(8-10-9-18-7-6-13-10)14-19(16,17)11-4-2-1-3-5-11/h1-5,10,13H,6-9H2,(H,14,15). The summed E-state index contributed by atoms with van der Waals surface area (Å²) >= 11 is 1.77. The van der Waals surface area contributed by atoms with E-state index in [4.69, 9.17) is 0 Å². The van der Waals surface area contributed by atoms with Crippen LogP contribution in [-0.2, 0) is 14.8 Å². The summed E-state index contributed by atoms with van der Waals surface area (Å²) < 4.78 is 26.0. The Kier molecular flexibility index (Phi) is 4.84. The average Bonchev–Trinajstić information content (AvgIpc) is 2.40. The summed E-state index contributed by atoms with van der Waals surface area (Å²) in [6, 6.07) is 7.94. The van der Waals surface area contributed by atoms with Crippen LogP contribution in [0.5, 0.6) is 0 Å². The van der Waals surface area contributed by atoms with Crippen molar-refractivity contribution >= 4 is 27.7 Å². The molecular formula is C12H16N2O3S2. The van der Waals surface area contributed by atoms with Crippen LogP contribution >= 0.6 is 11.8 Å². The highest BCUT2D eigenvalue weighted by atomic mass is 32.2. The van der Waals surface area contributed by atoms with E-state index < -0.39 is 15.9 Å². The minimum Gasteiger partial charge on any atom is -0.312 e. The van der Waals surface area contributed by atoms with Crippen molar-refractivity contribution in [2.24, 2.45) is 0 Å². The number of sulfonamides is 1. The fraction of sp³-hybridized carbons (Fsp3) is 0.417. The molecule has 1 aromatic carbocycles. The topological polar surface area (TPSA) is 75.3 Å².